The highest BCUT2D eigenvalue weighted by atomic mass is 32.1. The molecule has 7 rings (SSSR count). The second-order valence-electron chi connectivity index (χ2n) is 9.39. The monoisotopic (exact) mass is 510 g/mol. The Hall–Kier alpha value is -4.11. The summed E-state index contributed by atoms with van der Waals surface area (Å²) >= 11 is 1.09. The lowest BCUT2D eigenvalue weighted by atomic mass is 9.98. The van der Waals surface area contributed by atoms with Crippen LogP contribution in [0, 0.1) is 5.13 Å². The molecule has 0 radical (unpaired) electrons. The molecular weight excluding hydrogens is 487 g/mol. The van der Waals surface area contributed by atoms with Gasteiger partial charge in [-0.3, -0.25) is 15.1 Å². The first-order valence-electron chi connectivity index (χ1n) is 12.4. The summed E-state index contributed by atoms with van der Waals surface area (Å²) in [7, 11) is 0. The average molecular weight is 511 g/mol. The zero-order valence-corrected chi connectivity index (χ0v) is 20.7. The van der Waals surface area contributed by atoms with Crippen molar-refractivity contribution in [3.63, 3.8) is 0 Å². The smallest absolute Gasteiger partial charge is 0.181 e. The molecule has 1 saturated carbocycles. The van der Waals surface area contributed by atoms with Crippen molar-refractivity contribution in [2.75, 3.05) is 0 Å². The predicted molar refractivity (Wildman–Crippen MR) is 143 cm³/mol. The van der Waals surface area contributed by atoms with Crippen molar-refractivity contribution in [3.8, 4) is 38.8 Å². The maximum atomic E-state index is 13.7. The van der Waals surface area contributed by atoms with Crippen LogP contribution in [0.4, 0.5) is 4.39 Å². The van der Waals surface area contributed by atoms with E-state index in [4.69, 9.17) is 4.74 Å². The average Bonchev–Trinajstić information content (AvgIpc) is 3.66. The standard InChI is InChI=1S/C28H23FN6OS/c29-25-7-6-24(37-25)27-20-12-23(33-22(20)8-9-31-27)26-21-11-17(14-32-28(21)35-34-26)16-10-19(15-30-13-16)36-18-4-2-1-3-5-18/h6-15,18,33H,1-5H2,(H,32,34,35). The van der Waals surface area contributed by atoms with Crippen LogP contribution in [0.15, 0.2) is 61.2 Å². The molecule has 9 heteroatoms. The summed E-state index contributed by atoms with van der Waals surface area (Å²) < 4.78 is 19.9. The van der Waals surface area contributed by atoms with E-state index in [1.807, 2.05) is 30.6 Å². The third-order valence-corrected chi connectivity index (χ3v) is 7.82. The molecule has 0 aromatic carbocycles. The molecule has 0 unspecified atom stereocenters. The zero-order valence-electron chi connectivity index (χ0n) is 19.9. The quantitative estimate of drug-likeness (QED) is 0.257. The van der Waals surface area contributed by atoms with Crippen LogP contribution in [0.25, 0.3) is 55.0 Å². The molecule has 6 aromatic rings. The van der Waals surface area contributed by atoms with Gasteiger partial charge in [-0.05, 0) is 62.1 Å². The fraction of sp³-hybridized carbons (Fsp3) is 0.214. The number of H-pyrrole nitrogens is 2. The van der Waals surface area contributed by atoms with Gasteiger partial charge in [0.15, 0.2) is 10.8 Å². The number of halogens is 1. The Kier molecular flexibility index (Phi) is 5.43. The summed E-state index contributed by atoms with van der Waals surface area (Å²) in [6.07, 6.45) is 13.3. The number of aromatic nitrogens is 6. The van der Waals surface area contributed by atoms with Crippen molar-refractivity contribution in [1.82, 2.24) is 30.1 Å². The van der Waals surface area contributed by atoms with Gasteiger partial charge in [-0.25, -0.2) is 4.98 Å². The molecule has 37 heavy (non-hydrogen) atoms. The van der Waals surface area contributed by atoms with Crippen LogP contribution in [-0.4, -0.2) is 36.2 Å². The van der Waals surface area contributed by atoms with Crippen LogP contribution in [0.1, 0.15) is 32.1 Å². The summed E-state index contributed by atoms with van der Waals surface area (Å²) in [6, 6.07) is 11.3. The van der Waals surface area contributed by atoms with Crippen molar-refractivity contribution in [1.29, 1.82) is 0 Å². The fourth-order valence-electron chi connectivity index (χ4n) is 5.11. The van der Waals surface area contributed by atoms with E-state index in [2.05, 4.69) is 36.2 Å². The van der Waals surface area contributed by atoms with Gasteiger partial charge in [-0.15, -0.1) is 11.3 Å². The molecule has 6 heterocycles. The minimum Gasteiger partial charge on any atom is -0.489 e. The van der Waals surface area contributed by atoms with Crippen LogP contribution in [0.5, 0.6) is 5.75 Å². The molecule has 1 aliphatic carbocycles. The lowest BCUT2D eigenvalue weighted by Crippen LogP contribution is -2.19. The minimum atomic E-state index is -0.231. The van der Waals surface area contributed by atoms with Crippen molar-refractivity contribution in [2.24, 2.45) is 0 Å². The van der Waals surface area contributed by atoms with Gasteiger partial charge in [0.25, 0.3) is 0 Å². The van der Waals surface area contributed by atoms with Gasteiger partial charge in [-0.2, -0.15) is 9.49 Å². The van der Waals surface area contributed by atoms with Gasteiger partial charge < -0.3 is 9.72 Å². The summed E-state index contributed by atoms with van der Waals surface area (Å²) in [5, 5.41) is 9.13. The van der Waals surface area contributed by atoms with E-state index in [1.165, 1.54) is 25.3 Å². The Morgan fingerprint density at radius 1 is 0.919 bits per heavy atom. The van der Waals surface area contributed by atoms with Crippen molar-refractivity contribution in [2.45, 2.75) is 38.2 Å². The summed E-state index contributed by atoms with van der Waals surface area (Å²) in [4.78, 5) is 17.8. The number of nitrogens with zero attached hydrogens (tertiary/aromatic N) is 4. The van der Waals surface area contributed by atoms with Crippen molar-refractivity contribution >= 4 is 33.3 Å². The van der Waals surface area contributed by atoms with Crippen molar-refractivity contribution in [3.05, 3.63) is 66.3 Å². The van der Waals surface area contributed by atoms with E-state index < -0.39 is 0 Å². The minimum absolute atomic E-state index is 0.231. The molecule has 1 aliphatic rings. The topological polar surface area (TPSA) is 92.4 Å². The molecule has 0 amide bonds. The largest absolute Gasteiger partial charge is 0.489 e. The van der Waals surface area contributed by atoms with Gasteiger partial charge in [0, 0.05) is 46.0 Å². The molecule has 2 N–H and O–H groups in total. The fourth-order valence-corrected chi connectivity index (χ4v) is 5.85. The molecule has 0 bridgehead atoms. The number of hydrogen-bond donors (Lipinski definition) is 2. The second kappa shape index (κ2) is 9.08. The number of rotatable bonds is 5. The molecule has 7 nitrogen and oxygen atoms in total. The SMILES string of the molecule is Fc1ccc(-c2nccc3[nH]c(-c4[nH]nc5ncc(-c6cncc(OC7CCCCC7)c6)cc45)cc23)s1. The Morgan fingerprint density at radius 3 is 2.68 bits per heavy atom. The number of pyridine rings is 3. The highest BCUT2D eigenvalue weighted by Crippen LogP contribution is 2.36. The van der Waals surface area contributed by atoms with Gasteiger partial charge in [0.1, 0.15) is 5.75 Å². The Morgan fingerprint density at radius 2 is 1.81 bits per heavy atom. The molecule has 0 atom stereocenters. The van der Waals surface area contributed by atoms with Gasteiger partial charge in [-0.1, -0.05) is 6.42 Å². The molecule has 6 aromatic heterocycles. The lowest BCUT2D eigenvalue weighted by Gasteiger charge is -2.23. The molecule has 0 saturated heterocycles. The molecule has 0 aliphatic heterocycles. The summed E-state index contributed by atoms with van der Waals surface area (Å²) in [6.45, 7) is 0. The number of aromatic amines is 2. The van der Waals surface area contributed by atoms with E-state index in [-0.39, 0.29) is 11.2 Å². The Labute approximate surface area is 215 Å². The highest BCUT2D eigenvalue weighted by molar-refractivity contribution is 7.13. The first-order chi connectivity index (χ1) is 18.2. The van der Waals surface area contributed by atoms with E-state index in [1.54, 1.807) is 18.5 Å². The molecule has 1 fully saturated rings. The van der Waals surface area contributed by atoms with Gasteiger partial charge in [0.2, 0.25) is 0 Å². The third-order valence-electron chi connectivity index (χ3n) is 6.94. The van der Waals surface area contributed by atoms with Crippen LogP contribution in [0.3, 0.4) is 0 Å². The van der Waals surface area contributed by atoms with E-state index in [0.717, 1.165) is 79.3 Å². The third kappa shape index (κ3) is 4.15. The number of nitrogens with one attached hydrogen (secondary N) is 2. The van der Waals surface area contributed by atoms with Crippen LogP contribution >= 0.6 is 11.3 Å². The van der Waals surface area contributed by atoms with Gasteiger partial charge >= 0.3 is 0 Å². The zero-order chi connectivity index (χ0) is 24.8. The predicted octanol–water partition coefficient (Wildman–Crippen LogP) is 7.14. The van der Waals surface area contributed by atoms with E-state index in [0.29, 0.717) is 5.65 Å². The molecular formula is C28H23FN6OS. The first kappa shape index (κ1) is 22.1. The molecule has 184 valence electrons. The van der Waals surface area contributed by atoms with Crippen molar-refractivity contribution < 1.29 is 9.13 Å². The number of fused-ring (bicyclic) bond motifs is 2. The highest BCUT2D eigenvalue weighted by Gasteiger charge is 2.18. The molecule has 0 spiro atoms. The summed E-state index contributed by atoms with van der Waals surface area (Å²) in [5.41, 5.74) is 5.84. The maximum absolute atomic E-state index is 13.7. The summed E-state index contributed by atoms with van der Waals surface area (Å²) in [5.74, 6) is 0.789. The second-order valence-corrected chi connectivity index (χ2v) is 10.4. The number of ether oxygens (including phenoxy) is 1. The van der Waals surface area contributed by atoms with Gasteiger partial charge in [0.05, 0.1) is 34.3 Å². The number of thiophene rings is 1. The normalized spacial score (nSPS) is 14.5. The Bertz CT molecular complexity index is 1730. The number of hydrogen-bond acceptors (Lipinski definition) is 6. The maximum Gasteiger partial charge on any atom is 0.181 e. The Balaban J connectivity index is 1.26. The van der Waals surface area contributed by atoms with Crippen LogP contribution in [-0.2, 0) is 0 Å². The van der Waals surface area contributed by atoms with Crippen LogP contribution < -0.4 is 4.74 Å². The lowest BCUT2D eigenvalue weighted by molar-refractivity contribution is 0.154. The first-order valence-corrected chi connectivity index (χ1v) is 13.2. The van der Waals surface area contributed by atoms with Crippen LogP contribution in [0.2, 0.25) is 0 Å². The van der Waals surface area contributed by atoms with E-state index >= 15 is 0 Å². The van der Waals surface area contributed by atoms with E-state index in [9.17, 15) is 4.39 Å².